The summed E-state index contributed by atoms with van der Waals surface area (Å²) >= 11 is 5.82. The van der Waals surface area contributed by atoms with E-state index < -0.39 is 0 Å². The van der Waals surface area contributed by atoms with Crippen molar-refractivity contribution in [2.45, 2.75) is 18.6 Å². The second kappa shape index (κ2) is 10.1. The number of pyridine rings is 1. The molecule has 0 bridgehead atoms. The highest BCUT2D eigenvalue weighted by atomic mass is 32.1. The predicted octanol–water partition coefficient (Wildman–Crippen LogP) is 4.29. The first-order chi connectivity index (χ1) is 17.1. The Bertz CT molecular complexity index is 1290. The summed E-state index contributed by atoms with van der Waals surface area (Å²) in [6.45, 7) is 0.605. The maximum Gasteiger partial charge on any atom is 0.250 e. The van der Waals surface area contributed by atoms with Gasteiger partial charge in [0, 0.05) is 36.6 Å². The number of aromatic nitrogens is 2. The molecule has 178 valence electrons. The number of amides is 1. The molecule has 4 aromatic rings. The van der Waals surface area contributed by atoms with Gasteiger partial charge in [0.05, 0.1) is 24.5 Å². The summed E-state index contributed by atoms with van der Waals surface area (Å²) in [5, 5.41) is 6.91. The molecule has 0 spiro atoms. The summed E-state index contributed by atoms with van der Waals surface area (Å²) in [6.07, 6.45) is 5.52. The number of carbonyl (C=O) groups excluding carboxylic acids is 1. The minimum Gasteiger partial charge on any atom is -0.467 e. The molecule has 0 aliphatic carbocycles. The fourth-order valence-corrected chi connectivity index (χ4v) is 4.72. The second-order valence-electron chi connectivity index (χ2n) is 8.16. The molecule has 5 rings (SSSR count). The molecule has 2 N–H and O–H groups in total. The Labute approximate surface area is 208 Å². The number of carbonyl (C=O) groups is 1. The van der Waals surface area contributed by atoms with Gasteiger partial charge in [-0.3, -0.25) is 9.78 Å². The zero-order chi connectivity index (χ0) is 24.2. The predicted molar refractivity (Wildman–Crippen MR) is 137 cm³/mol. The van der Waals surface area contributed by atoms with Crippen LogP contribution in [0.2, 0.25) is 0 Å². The van der Waals surface area contributed by atoms with E-state index in [-0.39, 0.29) is 24.6 Å². The van der Waals surface area contributed by atoms with Gasteiger partial charge in [0.2, 0.25) is 5.91 Å². The summed E-state index contributed by atoms with van der Waals surface area (Å²) in [7, 11) is 1.49. The molecule has 1 amide bonds. The number of ether oxygens (including phenoxy) is 1. The van der Waals surface area contributed by atoms with Crippen LogP contribution >= 0.6 is 12.2 Å². The Balaban J connectivity index is 1.51. The molecule has 2 atom stereocenters. The number of benzene rings is 1. The molecule has 2 unspecified atom stereocenters. The lowest BCUT2D eigenvalue weighted by Gasteiger charge is -2.29. The molecule has 1 aliphatic rings. The summed E-state index contributed by atoms with van der Waals surface area (Å²) in [5.41, 5.74) is 3.56. The van der Waals surface area contributed by atoms with Crippen LogP contribution in [0, 0.1) is 0 Å². The second-order valence-corrected chi connectivity index (χ2v) is 8.55. The molecule has 3 aromatic heterocycles. The van der Waals surface area contributed by atoms with Crippen molar-refractivity contribution in [1.29, 1.82) is 0 Å². The minimum atomic E-state index is -0.206. The van der Waals surface area contributed by atoms with Gasteiger partial charge in [-0.15, -0.1) is 0 Å². The van der Waals surface area contributed by atoms with Crippen LogP contribution in [0.1, 0.15) is 29.2 Å². The van der Waals surface area contributed by atoms with Crippen molar-refractivity contribution in [2.75, 3.05) is 23.9 Å². The Morgan fingerprint density at radius 1 is 1.14 bits per heavy atom. The topological polar surface area (TPSA) is 84.6 Å². The SMILES string of the molecule is COCC(=O)Nc1ccc(N2C(=S)NC(c3ccccn3)C2c2cccn2Cc2ccco2)cc1. The summed E-state index contributed by atoms with van der Waals surface area (Å²) in [5.74, 6) is 0.663. The first-order valence-corrected chi connectivity index (χ1v) is 11.6. The monoisotopic (exact) mass is 487 g/mol. The van der Waals surface area contributed by atoms with E-state index in [1.54, 1.807) is 12.5 Å². The number of nitrogens with one attached hydrogen (secondary N) is 2. The van der Waals surface area contributed by atoms with Crippen LogP contribution in [0.4, 0.5) is 11.4 Å². The van der Waals surface area contributed by atoms with Crippen molar-refractivity contribution in [3.05, 3.63) is 103 Å². The molecule has 8 nitrogen and oxygen atoms in total. The third kappa shape index (κ3) is 4.82. The molecule has 1 saturated heterocycles. The maximum atomic E-state index is 11.9. The quantitative estimate of drug-likeness (QED) is 0.359. The lowest BCUT2D eigenvalue weighted by molar-refractivity contribution is -0.119. The Morgan fingerprint density at radius 2 is 2.00 bits per heavy atom. The normalized spacial score (nSPS) is 17.4. The summed E-state index contributed by atoms with van der Waals surface area (Å²) in [6, 6.07) is 21.2. The molecule has 1 aromatic carbocycles. The van der Waals surface area contributed by atoms with Gasteiger partial charge in [-0.2, -0.15) is 0 Å². The first-order valence-electron chi connectivity index (χ1n) is 11.2. The van der Waals surface area contributed by atoms with Crippen LogP contribution in [0.5, 0.6) is 0 Å². The lowest BCUT2D eigenvalue weighted by Crippen LogP contribution is -2.30. The van der Waals surface area contributed by atoms with Crippen LogP contribution in [0.3, 0.4) is 0 Å². The van der Waals surface area contributed by atoms with Crippen LogP contribution in [-0.2, 0) is 16.1 Å². The molecule has 1 fully saturated rings. The minimum absolute atomic E-state index is 0.00235. The van der Waals surface area contributed by atoms with Gasteiger partial charge in [0.15, 0.2) is 5.11 Å². The summed E-state index contributed by atoms with van der Waals surface area (Å²) in [4.78, 5) is 18.6. The zero-order valence-electron chi connectivity index (χ0n) is 19.1. The van der Waals surface area contributed by atoms with E-state index in [0.717, 1.165) is 22.8 Å². The average molecular weight is 488 g/mol. The molecular weight excluding hydrogens is 462 g/mol. The number of furan rings is 1. The fourth-order valence-electron chi connectivity index (χ4n) is 4.38. The number of anilines is 2. The fraction of sp³-hybridized carbons (Fsp3) is 0.192. The standard InChI is InChI=1S/C26H25N5O3S/c1-33-17-23(32)28-18-9-11-19(12-10-18)31-25(24(29-26(31)35)21-7-2-3-13-27-21)22-8-4-14-30(22)16-20-6-5-15-34-20/h2-15,24-25H,16-17H2,1H3,(H,28,32)(H,29,35). The van der Waals surface area contributed by atoms with Gasteiger partial charge in [0.25, 0.3) is 0 Å². The van der Waals surface area contributed by atoms with Crippen molar-refractivity contribution in [1.82, 2.24) is 14.9 Å². The molecule has 35 heavy (non-hydrogen) atoms. The van der Waals surface area contributed by atoms with E-state index in [9.17, 15) is 4.79 Å². The number of nitrogens with zero attached hydrogens (tertiary/aromatic N) is 3. The summed E-state index contributed by atoms with van der Waals surface area (Å²) < 4.78 is 12.7. The van der Waals surface area contributed by atoms with Gasteiger partial charge in [-0.1, -0.05) is 6.07 Å². The Hall–Kier alpha value is -3.95. The van der Waals surface area contributed by atoms with E-state index in [4.69, 9.17) is 21.4 Å². The Kier molecular flexibility index (Phi) is 6.60. The van der Waals surface area contributed by atoms with E-state index in [1.165, 1.54) is 7.11 Å². The zero-order valence-corrected chi connectivity index (χ0v) is 19.9. The number of rotatable bonds is 8. The largest absolute Gasteiger partial charge is 0.467 e. The number of methoxy groups -OCH3 is 1. The number of thiocarbonyl (C=S) groups is 1. The molecule has 4 heterocycles. The smallest absolute Gasteiger partial charge is 0.250 e. The van der Waals surface area contributed by atoms with Gasteiger partial charge >= 0.3 is 0 Å². The molecule has 9 heteroatoms. The van der Waals surface area contributed by atoms with E-state index in [1.807, 2.05) is 66.9 Å². The van der Waals surface area contributed by atoms with Crippen molar-refractivity contribution < 1.29 is 13.9 Å². The third-order valence-electron chi connectivity index (χ3n) is 5.88. The molecule has 0 radical (unpaired) electrons. The van der Waals surface area contributed by atoms with Gasteiger partial charge in [-0.25, -0.2) is 0 Å². The van der Waals surface area contributed by atoms with Gasteiger partial charge in [0.1, 0.15) is 18.4 Å². The van der Waals surface area contributed by atoms with Crippen LogP contribution < -0.4 is 15.5 Å². The van der Waals surface area contributed by atoms with Gasteiger partial charge < -0.3 is 29.3 Å². The highest BCUT2D eigenvalue weighted by Gasteiger charge is 2.42. The molecule has 1 aliphatic heterocycles. The highest BCUT2D eigenvalue weighted by molar-refractivity contribution is 7.80. The average Bonchev–Trinajstić information content (AvgIpc) is 3.61. The van der Waals surface area contributed by atoms with Crippen LogP contribution in [-0.4, -0.2) is 34.3 Å². The Morgan fingerprint density at radius 3 is 2.71 bits per heavy atom. The van der Waals surface area contributed by atoms with Crippen molar-refractivity contribution in [3.63, 3.8) is 0 Å². The third-order valence-corrected chi connectivity index (χ3v) is 6.19. The van der Waals surface area contributed by atoms with E-state index in [2.05, 4.69) is 31.2 Å². The molecular formula is C26H25N5O3S. The van der Waals surface area contributed by atoms with Gasteiger partial charge in [-0.05, 0) is 72.9 Å². The van der Waals surface area contributed by atoms with Crippen molar-refractivity contribution in [3.8, 4) is 0 Å². The number of hydrogen-bond donors (Lipinski definition) is 2. The lowest BCUT2D eigenvalue weighted by atomic mass is 10.0. The maximum absolute atomic E-state index is 11.9. The van der Waals surface area contributed by atoms with E-state index in [0.29, 0.717) is 17.3 Å². The van der Waals surface area contributed by atoms with E-state index >= 15 is 0 Å². The van der Waals surface area contributed by atoms with Crippen LogP contribution in [0.15, 0.2) is 89.8 Å². The first kappa shape index (κ1) is 22.8. The van der Waals surface area contributed by atoms with Crippen molar-refractivity contribution in [2.24, 2.45) is 0 Å². The molecule has 0 saturated carbocycles. The number of hydrogen-bond acceptors (Lipinski definition) is 5. The van der Waals surface area contributed by atoms with Crippen LogP contribution in [0.25, 0.3) is 0 Å². The van der Waals surface area contributed by atoms with Crippen molar-refractivity contribution >= 4 is 34.6 Å². The highest BCUT2D eigenvalue weighted by Crippen LogP contribution is 2.42.